The summed E-state index contributed by atoms with van der Waals surface area (Å²) in [5.74, 6) is -0.703. The lowest BCUT2D eigenvalue weighted by Gasteiger charge is -2.16. The van der Waals surface area contributed by atoms with Gasteiger partial charge in [-0.05, 0) is 19.1 Å². The first-order valence-corrected chi connectivity index (χ1v) is 6.01. The predicted molar refractivity (Wildman–Crippen MR) is 73.3 cm³/mol. The van der Waals surface area contributed by atoms with Crippen molar-refractivity contribution in [3.63, 3.8) is 0 Å². The lowest BCUT2D eigenvalue weighted by atomic mass is 10.1. The quantitative estimate of drug-likeness (QED) is 0.672. The van der Waals surface area contributed by atoms with Crippen LogP contribution in [0, 0.1) is 15.9 Å². The third-order valence-electron chi connectivity index (χ3n) is 2.83. The third-order valence-corrected chi connectivity index (χ3v) is 2.83. The Morgan fingerprint density at radius 1 is 1.60 bits per heavy atom. The number of anilines is 1. The van der Waals surface area contributed by atoms with E-state index in [1.54, 1.807) is 19.2 Å². The van der Waals surface area contributed by atoms with Gasteiger partial charge >= 0.3 is 0 Å². The molecular weight excluding hydrogens is 265 g/mol. The number of benzene rings is 1. The molecule has 1 N–H and O–H groups in total. The van der Waals surface area contributed by atoms with Gasteiger partial charge in [-0.15, -0.1) is 0 Å². The smallest absolute Gasteiger partial charge is 0.281 e. The van der Waals surface area contributed by atoms with E-state index in [1.807, 2.05) is 6.92 Å². The van der Waals surface area contributed by atoms with Crippen LogP contribution >= 0.6 is 0 Å². The molecule has 1 unspecified atom stereocenters. The number of pyridine rings is 1. The van der Waals surface area contributed by atoms with Crippen molar-refractivity contribution in [2.45, 2.75) is 13.0 Å². The Balaban J connectivity index is 2.58. The van der Waals surface area contributed by atoms with E-state index in [2.05, 4.69) is 10.3 Å². The van der Waals surface area contributed by atoms with Crippen LogP contribution in [-0.2, 0) is 4.74 Å². The number of nitrogens with one attached hydrogen (secondary N) is 1. The van der Waals surface area contributed by atoms with Crippen molar-refractivity contribution in [2.24, 2.45) is 0 Å². The molecule has 2 rings (SSSR count). The SMILES string of the molecule is COCC(C)Nc1c(F)cc([N+](=O)[O-])c2cccnc12. The van der Waals surface area contributed by atoms with Crippen LogP contribution in [0.2, 0.25) is 0 Å². The molecule has 0 aliphatic rings. The van der Waals surface area contributed by atoms with E-state index in [9.17, 15) is 14.5 Å². The molecule has 0 fully saturated rings. The summed E-state index contributed by atoms with van der Waals surface area (Å²) in [6.07, 6.45) is 1.47. The Morgan fingerprint density at radius 2 is 2.35 bits per heavy atom. The number of ether oxygens (including phenoxy) is 1. The normalized spacial score (nSPS) is 12.3. The van der Waals surface area contributed by atoms with Crippen LogP contribution < -0.4 is 5.32 Å². The fraction of sp³-hybridized carbons (Fsp3) is 0.308. The maximum Gasteiger partial charge on any atom is 0.281 e. The van der Waals surface area contributed by atoms with Crippen molar-refractivity contribution < 1.29 is 14.1 Å². The third kappa shape index (κ3) is 2.67. The number of hydrogen-bond acceptors (Lipinski definition) is 5. The zero-order valence-corrected chi connectivity index (χ0v) is 11.1. The van der Waals surface area contributed by atoms with E-state index >= 15 is 0 Å². The van der Waals surface area contributed by atoms with E-state index in [0.29, 0.717) is 12.0 Å². The van der Waals surface area contributed by atoms with Crippen LogP contribution in [0.4, 0.5) is 15.8 Å². The highest BCUT2D eigenvalue weighted by molar-refractivity contribution is 5.97. The number of methoxy groups -OCH3 is 1. The minimum absolute atomic E-state index is 0.149. The second-order valence-electron chi connectivity index (χ2n) is 4.41. The molecule has 2 aromatic rings. The highest BCUT2D eigenvalue weighted by atomic mass is 19.1. The van der Waals surface area contributed by atoms with Gasteiger partial charge in [0.2, 0.25) is 0 Å². The average Bonchev–Trinajstić information content (AvgIpc) is 2.41. The maximum absolute atomic E-state index is 14.1. The first-order chi connectivity index (χ1) is 9.54. The summed E-state index contributed by atoms with van der Waals surface area (Å²) in [4.78, 5) is 14.4. The molecule has 1 atom stereocenters. The minimum Gasteiger partial charge on any atom is -0.383 e. The Labute approximate surface area is 114 Å². The second-order valence-corrected chi connectivity index (χ2v) is 4.41. The molecule has 7 heteroatoms. The van der Waals surface area contributed by atoms with E-state index in [4.69, 9.17) is 4.74 Å². The van der Waals surface area contributed by atoms with Crippen LogP contribution in [0.5, 0.6) is 0 Å². The average molecular weight is 279 g/mol. The number of hydrogen-bond donors (Lipinski definition) is 1. The number of fused-ring (bicyclic) bond motifs is 1. The summed E-state index contributed by atoms with van der Waals surface area (Å²) in [5.41, 5.74) is 0.0912. The molecule has 20 heavy (non-hydrogen) atoms. The molecule has 0 spiro atoms. The van der Waals surface area contributed by atoms with Gasteiger partial charge in [-0.2, -0.15) is 0 Å². The topological polar surface area (TPSA) is 77.3 Å². The molecule has 0 saturated heterocycles. The van der Waals surface area contributed by atoms with Crippen LogP contribution in [0.25, 0.3) is 10.9 Å². The van der Waals surface area contributed by atoms with Crippen molar-refractivity contribution in [1.29, 1.82) is 0 Å². The van der Waals surface area contributed by atoms with E-state index in [0.717, 1.165) is 6.07 Å². The van der Waals surface area contributed by atoms with Crippen molar-refractivity contribution in [1.82, 2.24) is 4.98 Å². The van der Waals surface area contributed by atoms with Gasteiger partial charge in [0, 0.05) is 19.3 Å². The van der Waals surface area contributed by atoms with E-state index in [1.165, 1.54) is 6.20 Å². The zero-order chi connectivity index (χ0) is 14.7. The Morgan fingerprint density at radius 3 is 3.00 bits per heavy atom. The van der Waals surface area contributed by atoms with E-state index < -0.39 is 10.7 Å². The zero-order valence-electron chi connectivity index (χ0n) is 11.1. The number of nitrogens with zero attached hydrogens (tertiary/aromatic N) is 2. The molecule has 0 amide bonds. The highest BCUT2D eigenvalue weighted by Crippen LogP contribution is 2.32. The van der Waals surface area contributed by atoms with E-state index in [-0.39, 0.29) is 22.9 Å². The molecule has 106 valence electrons. The summed E-state index contributed by atoms with van der Waals surface area (Å²) in [7, 11) is 1.54. The van der Waals surface area contributed by atoms with Gasteiger partial charge < -0.3 is 10.1 Å². The summed E-state index contributed by atoms with van der Waals surface area (Å²) < 4.78 is 19.1. The van der Waals surface area contributed by atoms with Crippen molar-refractivity contribution in [3.8, 4) is 0 Å². The fourth-order valence-corrected chi connectivity index (χ4v) is 2.02. The number of aromatic nitrogens is 1. The predicted octanol–water partition coefficient (Wildman–Crippen LogP) is 2.73. The van der Waals surface area contributed by atoms with Gasteiger partial charge in [-0.25, -0.2) is 4.39 Å². The fourth-order valence-electron chi connectivity index (χ4n) is 2.02. The van der Waals surface area contributed by atoms with Gasteiger partial charge in [0.05, 0.1) is 28.7 Å². The molecular formula is C13H14FN3O3. The molecule has 0 saturated carbocycles. The molecule has 1 heterocycles. The molecule has 1 aromatic carbocycles. The van der Waals surface area contributed by atoms with Crippen molar-refractivity contribution in [3.05, 3.63) is 40.3 Å². The number of nitro benzene ring substituents is 1. The van der Waals surface area contributed by atoms with Gasteiger partial charge in [0.15, 0.2) is 5.82 Å². The monoisotopic (exact) mass is 279 g/mol. The molecule has 1 aromatic heterocycles. The Kier molecular flexibility index (Phi) is 4.09. The summed E-state index contributed by atoms with van der Waals surface area (Å²) >= 11 is 0. The first-order valence-electron chi connectivity index (χ1n) is 6.01. The maximum atomic E-state index is 14.1. The summed E-state index contributed by atoms with van der Waals surface area (Å²) in [6, 6.07) is 3.88. The van der Waals surface area contributed by atoms with Gasteiger partial charge in [-0.1, -0.05) is 0 Å². The second kappa shape index (κ2) is 5.79. The van der Waals surface area contributed by atoms with Crippen LogP contribution in [0.1, 0.15) is 6.92 Å². The van der Waals surface area contributed by atoms with Gasteiger partial charge in [0.1, 0.15) is 5.52 Å². The lowest BCUT2D eigenvalue weighted by molar-refractivity contribution is -0.383. The number of non-ortho nitro benzene ring substituents is 1. The Hall–Kier alpha value is -2.28. The number of halogens is 1. The van der Waals surface area contributed by atoms with Crippen molar-refractivity contribution in [2.75, 3.05) is 19.0 Å². The summed E-state index contributed by atoms with van der Waals surface area (Å²) in [6.45, 7) is 2.20. The molecule has 0 aliphatic carbocycles. The van der Waals surface area contributed by atoms with Gasteiger partial charge in [0.25, 0.3) is 5.69 Å². The number of rotatable bonds is 5. The highest BCUT2D eigenvalue weighted by Gasteiger charge is 2.20. The number of nitro groups is 1. The van der Waals surface area contributed by atoms with Gasteiger partial charge in [-0.3, -0.25) is 15.1 Å². The standard InChI is InChI=1S/C13H14FN3O3/c1-8(7-20-2)16-13-10(14)6-11(17(18)19)9-4-3-5-15-12(9)13/h3-6,8,16H,7H2,1-2H3. The minimum atomic E-state index is -0.703. The largest absolute Gasteiger partial charge is 0.383 e. The Bertz CT molecular complexity index is 648. The molecule has 6 nitrogen and oxygen atoms in total. The van der Waals surface area contributed by atoms with Crippen LogP contribution in [0.15, 0.2) is 24.4 Å². The van der Waals surface area contributed by atoms with Crippen molar-refractivity contribution >= 4 is 22.3 Å². The van der Waals surface area contributed by atoms with Crippen LogP contribution in [0.3, 0.4) is 0 Å². The lowest BCUT2D eigenvalue weighted by Crippen LogP contribution is -2.21. The molecule has 0 radical (unpaired) electrons. The van der Waals surface area contributed by atoms with Crippen LogP contribution in [-0.4, -0.2) is 29.7 Å². The summed E-state index contributed by atoms with van der Waals surface area (Å²) in [5, 5.41) is 14.2. The molecule has 0 aliphatic heterocycles. The first kappa shape index (κ1) is 14.1. The molecule has 0 bridgehead atoms.